The van der Waals surface area contributed by atoms with Crippen LogP contribution in [0.25, 0.3) is 11.3 Å². The lowest BCUT2D eigenvalue weighted by atomic mass is 10.1. The predicted molar refractivity (Wildman–Crippen MR) is 124 cm³/mol. The molecular weight excluding hydrogens is 408 g/mol. The zero-order chi connectivity index (χ0) is 22.7. The van der Waals surface area contributed by atoms with Crippen molar-refractivity contribution in [2.75, 3.05) is 36.4 Å². The predicted octanol–water partition coefficient (Wildman–Crippen LogP) is 3.77. The number of hydrogen-bond donors (Lipinski definition) is 2. The molecule has 1 saturated heterocycles. The number of nitro benzene ring substituents is 1. The molecule has 3 heterocycles. The number of hydrogen-bond acceptors (Lipinski definition) is 6. The van der Waals surface area contributed by atoms with E-state index in [1.54, 1.807) is 24.4 Å². The number of amides is 1. The minimum Gasteiger partial charge on any atom is -0.380 e. The Hall–Kier alpha value is -3.88. The maximum absolute atomic E-state index is 13.0. The smallest absolute Gasteiger partial charge is 0.270 e. The molecule has 1 aromatic carbocycles. The Kier molecular flexibility index (Phi) is 6.07. The summed E-state index contributed by atoms with van der Waals surface area (Å²) in [7, 11) is 0. The Bertz CT molecular complexity index is 1100. The Morgan fingerprint density at radius 2 is 1.81 bits per heavy atom. The molecule has 1 aliphatic heterocycles. The number of H-pyrrole nitrogens is 1. The molecule has 4 rings (SSSR count). The number of nitrogens with zero attached hydrogens (tertiary/aromatic N) is 4. The molecule has 1 fully saturated rings. The van der Waals surface area contributed by atoms with Crippen molar-refractivity contribution in [1.82, 2.24) is 14.9 Å². The third-order valence-corrected chi connectivity index (χ3v) is 5.40. The highest BCUT2D eigenvalue weighted by Crippen LogP contribution is 2.26. The minimum atomic E-state index is -0.431. The highest BCUT2D eigenvalue weighted by atomic mass is 16.6. The first-order valence-electron chi connectivity index (χ1n) is 10.6. The fourth-order valence-corrected chi connectivity index (χ4v) is 3.82. The highest BCUT2D eigenvalue weighted by Gasteiger charge is 2.25. The lowest BCUT2D eigenvalue weighted by Crippen LogP contribution is -2.49. The van der Waals surface area contributed by atoms with Gasteiger partial charge in [-0.3, -0.25) is 14.9 Å². The van der Waals surface area contributed by atoms with E-state index in [1.165, 1.54) is 12.1 Å². The summed E-state index contributed by atoms with van der Waals surface area (Å²) in [4.78, 5) is 35.1. The zero-order valence-electron chi connectivity index (χ0n) is 18.1. The molecule has 0 spiro atoms. The van der Waals surface area contributed by atoms with Crippen LogP contribution in [0.3, 0.4) is 0 Å². The second-order valence-corrected chi connectivity index (χ2v) is 8.04. The van der Waals surface area contributed by atoms with E-state index < -0.39 is 4.92 Å². The van der Waals surface area contributed by atoms with Crippen LogP contribution in [0.15, 0.2) is 54.7 Å². The highest BCUT2D eigenvalue weighted by molar-refractivity contribution is 5.93. The number of non-ortho nitro benzene ring substituents is 1. The fraction of sp³-hybridized carbons (Fsp3) is 0.304. The SMILES string of the molecule is CC(C)Nc1cccnc1N1CCN(C(=O)c2ccc(-c3ccc([N+](=O)[O-])cc3)[nH]2)CC1. The number of piperazine rings is 1. The molecule has 0 saturated carbocycles. The van der Waals surface area contributed by atoms with Crippen molar-refractivity contribution in [1.29, 1.82) is 0 Å². The minimum absolute atomic E-state index is 0.0362. The number of benzene rings is 1. The van der Waals surface area contributed by atoms with Crippen molar-refractivity contribution in [2.45, 2.75) is 19.9 Å². The summed E-state index contributed by atoms with van der Waals surface area (Å²) in [5.74, 6) is 0.855. The van der Waals surface area contributed by atoms with E-state index in [1.807, 2.05) is 23.1 Å². The maximum atomic E-state index is 13.0. The lowest BCUT2D eigenvalue weighted by Gasteiger charge is -2.36. The van der Waals surface area contributed by atoms with E-state index in [9.17, 15) is 14.9 Å². The van der Waals surface area contributed by atoms with Crippen LogP contribution < -0.4 is 10.2 Å². The van der Waals surface area contributed by atoms with Gasteiger partial charge >= 0.3 is 0 Å². The number of rotatable bonds is 6. The van der Waals surface area contributed by atoms with Gasteiger partial charge in [0.2, 0.25) is 0 Å². The van der Waals surface area contributed by atoms with Crippen molar-refractivity contribution in [3.8, 4) is 11.3 Å². The number of pyridine rings is 1. The molecule has 0 aliphatic carbocycles. The van der Waals surface area contributed by atoms with E-state index in [4.69, 9.17) is 0 Å². The van der Waals surface area contributed by atoms with Gasteiger partial charge in [0, 0.05) is 56.2 Å². The van der Waals surface area contributed by atoms with Gasteiger partial charge in [-0.2, -0.15) is 0 Å². The first-order chi connectivity index (χ1) is 15.4. The molecule has 9 heteroatoms. The average Bonchev–Trinajstić information content (AvgIpc) is 3.29. The van der Waals surface area contributed by atoms with Gasteiger partial charge in [0.05, 0.1) is 10.6 Å². The number of carbonyl (C=O) groups excluding carboxylic acids is 1. The monoisotopic (exact) mass is 434 g/mol. The van der Waals surface area contributed by atoms with Crippen molar-refractivity contribution in [3.63, 3.8) is 0 Å². The summed E-state index contributed by atoms with van der Waals surface area (Å²) in [5.41, 5.74) is 3.08. The van der Waals surface area contributed by atoms with E-state index in [-0.39, 0.29) is 11.6 Å². The van der Waals surface area contributed by atoms with E-state index >= 15 is 0 Å². The van der Waals surface area contributed by atoms with Crippen molar-refractivity contribution in [3.05, 3.63) is 70.5 Å². The number of aromatic nitrogens is 2. The number of aromatic amines is 1. The van der Waals surface area contributed by atoms with Gasteiger partial charge in [-0.05, 0) is 55.8 Å². The van der Waals surface area contributed by atoms with Crippen LogP contribution in [-0.2, 0) is 0 Å². The zero-order valence-corrected chi connectivity index (χ0v) is 18.1. The molecule has 0 bridgehead atoms. The third-order valence-electron chi connectivity index (χ3n) is 5.40. The molecule has 9 nitrogen and oxygen atoms in total. The molecule has 0 radical (unpaired) electrons. The van der Waals surface area contributed by atoms with Crippen molar-refractivity contribution in [2.24, 2.45) is 0 Å². The number of carbonyl (C=O) groups is 1. The summed E-state index contributed by atoms with van der Waals surface area (Å²) in [6.45, 7) is 6.78. The molecule has 2 N–H and O–H groups in total. The Morgan fingerprint density at radius 1 is 1.09 bits per heavy atom. The summed E-state index contributed by atoms with van der Waals surface area (Å²) < 4.78 is 0. The van der Waals surface area contributed by atoms with Crippen molar-refractivity contribution >= 4 is 23.1 Å². The van der Waals surface area contributed by atoms with Gasteiger partial charge in [-0.25, -0.2) is 4.98 Å². The van der Waals surface area contributed by atoms with Crippen LogP contribution in [0.4, 0.5) is 17.2 Å². The summed E-state index contributed by atoms with van der Waals surface area (Å²) in [6, 6.07) is 14.1. The van der Waals surface area contributed by atoms with E-state index in [0.29, 0.717) is 37.9 Å². The number of anilines is 2. The molecule has 166 valence electrons. The largest absolute Gasteiger partial charge is 0.380 e. The lowest BCUT2D eigenvalue weighted by molar-refractivity contribution is -0.384. The molecule has 1 amide bonds. The standard InChI is InChI=1S/C23H26N6O3/c1-16(2)25-20-4-3-11-24-22(20)27-12-14-28(15-13-27)23(30)21-10-9-19(26-21)17-5-7-18(8-6-17)29(31)32/h3-11,16,25-26H,12-15H2,1-2H3. The van der Waals surface area contributed by atoms with Gasteiger partial charge in [-0.15, -0.1) is 0 Å². The van der Waals surface area contributed by atoms with Gasteiger partial charge < -0.3 is 20.1 Å². The van der Waals surface area contributed by atoms with Crippen molar-refractivity contribution < 1.29 is 9.72 Å². The molecule has 0 atom stereocenters. The van der Waals surface area contributed by atoms with Gasteiger partial charge in [0.1, 0.15) is 5.69 Å². The van der Waals surface area contributed by atoms with E-state index in [0.717, 1.165) is 22.8 Å². The first kappa shape index (κ1) is 21.4. The molecule has 1 aliphatic rings. The number of nitro groups is 1. The summed E-state index contributed by atoms with van der Waals surface area (Å²) >= 11 is 0. The average molecular weight is 435 g/mol. The fourth-order valence-electron chi connectivity index (χ4n) is 3.82. The van der Waals surface area contributed by atoms with E-state index in [2.05, 4.69) is 34.0 Å². The van der Waals surface area contributed by atoms with Gasteiger partial charge in [-0.1, -0.05) is 0 Å². The van der Waals surface area contributed by atoms with Crippen LogP contribution in [0.1, 0.15) is 24.3 Å². The van der Waals surface area contributed by atoms with Crippen LogP contribution in [0.5, 0.6) is 0 Å². The number of nitrogens with one attached hydrogen (secondary N) is 2. The van der Waals surface area contributed by atoms with Crippen LogP contribution >= 0.6 is 0 Å². The molecule has 2 aromatic heterocycles. The van der Waals surface area contributed by atoms with Gasteiger partial charge in [0.15, 0.2) is 5.82 Å². The normalized spacial score (nSPS) is 14.0. The van der Waals surface area contributed by atoms with Crippen LogP contribution in [0.2, 0.25) is 0 Å². The molecule has 3 aromatic rings. The maximum Gasteiger partial charge on any atom is 0.270 e. The quantitative estimate of drug-likeness (QED) is 0.452. The Morgan fingerprint density at radius 3 is 2.47 bits per heavy atom. The van der Waals surface area contributed by atoms with Gasteiger partial charge in [0.25, 0.3) is 11.6 Å². The van der Waals surface area contributed by atoms with Crippen LogP contribution in [-0.4, -0.2) is 57.9 Å². The second kappa shape index (κ2) is 9.09. The molecule has 32 heavy (non-hydrogen) atoms. The Labute approximate surface area is 186 Å². The molecular formula is C23H26N6O3. The first-order valence-corrected chi connectivity index (χ1v) is 10.6. The second-order valence-electron chi connectivity index (χ2n) is 8.04. The third kappa shape index (κ3) is 4.56. The topological polar surface area (TPSA) is 107 Å². The molecule has 0 unspecified atom stereocenters. The summed E-state index contributed by atoms with van der Waals surface area (Å²) in [5, 5.41) is 14.3. The Balaban J connectivity index is 1.41. The van der Waals surface area contributed by atoms with Crippen LogP contribution in [0, 0.1) is 10.1 Å². The summed E-state index contributed by atoms with van der Waals surface area (Å²) in [6.07, 6.45) is 1.79.